The first kappa shape index (κ1) is 13.9. The third kappa shape index (κ3) is 5.61. The van der Waals surface area contributed by atoms with Gasteiger partial charge < -0.3 is 9.84 Å². The summed E-state index contributed by atoms with van der Waals surface area (Å²) in [6.45, 7) is 8.41. The van der Waals surface area contributed by atoms with Crippen LogP contribution < -0.4 is 0 Å². The molecule has 0 radical (unpaired) electrons. The lowest BCUT2D eigenvalue weighted by Gasteiger charge is -2.25. The lowest BCUT2D eigenvalue weighted by molar-refractivity contribution is -0.147. The Morgan fingerprint density at radius 1 is 1.14 bits per heavy atom. The van der Waals surface area contributed by atoms with Crippen LogP contribution in [0.25, 0.3) is 0 Å². The van der Waals surface area contributed by atoms with Gasteiger partial charge in [-0.15, -0.1) is 0 Å². The molecule has 0 aromatic carbocycles. The molecule has 0 fully saturated rings. The molecule has 3 unspecified atom stereocenters. The van der Waals surface area contributed by atoms with Crippen molar-refractivity contribution >= 4 is 0 Å². The van der Waals surface area contributed by atoms with Crippen LogP contribution in [0, 0.1) is 5.92 Å². The SMILES string of the molecule is CCCCC(CC)C(C)OC(O)CC. The van der Waals surface area contributed by atoms with E-state index in [2.05, 4.69) is 20.8 Å². The van der Waals surface area contributed by atoms with E-state index in [-0.39, 0.29) is 6.10 Å². The van der Waals surface area contributed by atoms with Crippen molar-refractivity contribution < 1.29 is 9.84 Å². The second-order valence-electron chi connectivity index (χ2n) is 4.01. The molecule has 86 valence electrons. The molecule has 1 N–H and O–H groups in total. The summed E-state index contributed by atoms with van der Waals surface area (Å²) in [5.74, 6) is 0.594. The predicted octanol–water partition coefficient (Wildman–Crippen LogP) is 3.34. The van der Waals surface area contributed by atoms with Gasteiger partial charge in [0.2, 0.25) is 0 Å². The number of ether oxygens (including phenoxy) is 1. The third-order valence-electron chi connectivity index (χ3n) is 2.84. The standard InChI is InChI=1S/C12H26O2/c1-5-8-9-11(6-2)10(4)14-12(13)7-3/h10-13H,5-9H2,1-4H3. The molecule has 0 aliphatic rings. The molecule has 14 heavy (non-hydrogen) atoms. The van der Waals surface area contributed by atoms with Gasteiger partial charge >= 0.3 is 0 Å². The highest BCUT2D eigenvalue weighted by atomic mass is 16.6. The first-order valence-corrected chi connectivity index (χ1v) is 5.99. The molecule has 0 aliphatic heterocycles. The van der Waals surface area contributed by atoms with Crippen LogP contribution in [-0.4, -0.2) is 17.5 Å². The topological polar surface area (TPSA) is 29.5 Å². The molecule has 0 saturated carbocycles. The second kappa shape index (κ2) is 8.25. The Hall–Kier alpha value is -0.0800. The van der Waals surface area contributed by atoms with E-state index in [1.54, 1.807) is 0 Å². The van der Waals surface area contributed by atoms with Gasteiger partial charge in [0.15, 0.2) is 6.29 Å². The molecule has 0 aromatic heterocycles. The summed E-state index contributed by atoms with van der Waals surface area (Å²) < 4.78 is 5.51. The summed E-state index contributed by atoms with van der Waals surface area (Å²) in [6, 6.07) is 0. The number of aliphatic hydroxyl groups excluding tert-OH is 1. The van der Waals surface area contributed by atoms with Crippen LogP contribution in [-0.2, 0) is 4.74 Å². The summed E-state index contributed by atoms with van der Waals surface area (Å²) in [7, 11) is 0. The first-order chi connectivity index (χ1) is 6.65. The Kier molecular flexibility index (Phi) is 8.20. The quantitative estimate of drug-likeness (QED) is 0.612. The maximum absolute atomic E-state index is 9.38. The van der Waals surface area contributed by atoms with E-state index in [4.69, 9.17) is 4.74 Å². The van der Waals surface area contributed by atoms with E-state index < -0.39 is 6.29 Å². The molecule has 0 aromatic rings. The monoisotopic (exact) mass is 202 g/mol. The Balaban J connectivity index is 3.83. The molecule has 0 rings (SSSR count). The Morgan fingerprint density at radius 3 is 2.21 bits per heavy atom. The van der Waals surface area contributed by atoms with Crippen LogP contribution >= 0.6 is 0 Å². The Labute approximate surface area is 88.7 Å². The first-order valence-electron chi connectivity index (χ1n) is 5.99. The number of hydrogen-bond donors (Lipinski definition) is 1. The fraction of sp³-hybridized carbons (Fsp3) is 1.00. The van der Waals surface area contributed by atoms with Gasteiger partial charge in [-0.1, -0.05) is 40.0 Å². The molecule has 2 heteroatoms. The van der Waals surface area contributed by atoms with Gasteiger partial charge in [0.1, 0.15) is 0 Å². The summed E-state index contributed by atoms with van der Waals surface area (Å²) in [4.78, 5) is 0. The molecule has 0 spiro atoms. The fourth-order valence-electron chi connectivity index (χ4n) is 1.69. The van der Waals surface area contributed by atoms with Crippen molar-refractivity contribution in [2.75, 3.05) is 0 Å². The number of hydrogen-bond acceptors (Lipinski definition) is 2. The normalized spacial score (nSPS) is 17.8. The fourth-order valence-corrected chi connectivity index (χ4v) is 1.69. The van der Waals surface area contributed by atoms with Crippen molar-refractivity contribution in [3.63, 3.8) is 0 Å². The minimum absolute atomic E-state index is 0.182. The zero-order valence-electron chi connectivity index (χ0n) is 10.1. The summed E-state index contributed by atoms with van der Waals surface area (Å²) in [6.07, 6.45) is 5.12. The summed E-state index contributed by atoms with van der Waals surface area (Å²) in [5, 5.41) is 9.38. The van der Waals surface area contributed by atoms with E-state index in [9.17, 15) is 5.11 Å². The van der Waals surface area contributed by atoms with Crippen molar-refractivity contribution in [2.45, 2.75) is 72.2 Å². The van der Waals surface area contributed by atoms with Crippen molar-refractivity contribution in [2.24, 2.45) is 5.92 Å². The van der Waals surface area contributed by atoms with Gasteiger partial charge in [-0.05, 0) is 25.7 Å². The smallest absolute Gasteiger partial charge is 0.154 e. The van der Waals surface area contributed by atoms with E-state index in [0.29, 0.717) is 12.3 Å². The van der Waals surface area contributed by atoms with E-state index in [1.807, 2.05) is 6.92 Å². The van der Waals surface area contributed by atoms with Crippen molar-refractivity contribution in [1.29, 1.82) is 0 Å². The average Bonchev–Trinajstić information content (AvgIpc) is 2.18. The van der Waals surface area contributed by atoms with Crippen LogP contribution in [0.15, 0.2) is 0 Å². The number of unbranched alkanes of at least 4 members (excludes halogenated alkanes) is 1. The van der Waals surface area contributed by atoms with E-state index >= 15 is 0 Å². The van der Waals surface area contributed by atoms with Crippen LogP contribution in [0.3, 0.4) is 0 Å². The van der Waals surface area contributed by atoms with Gasteiger partial charge in [-0.3, -0.25) is 0 Å². The molecule has 0 amide bonds. The van der Waals surface area contributed by atoms with Crippen LogP contribution in [0.2, 0.25) is 0 Å². The number of aliphatic hydroxyl groups is 1. The van der Waals surface area contributed by atoms with Crippen molar-refractivity contribution in [1.82, 2.24) is 0 Å². The molecule has 3 atom stereocenters. The lowest BCUT2D eigenvalue weighted by Crippen LogP contribution is -2.26. The molecular weight excluding hydrogens is 176 g/mol. The van der Waals surface area contributed by atoms with Gasteiger partial charge in [-0.2, -0.15) is 0 Å². The average molecular weight is 202 g/mol. The minimum atomic E-state index is -0.583. The van der Waals surface area contributed by atoms with Gasteiger partial charge in [0.25, 0.3) is 0 Å². The highest BCUT2D eigenvalue weighted by Gasteiger charge is 2.17. The number of rotatable bonds is 8. The van der Waals surface area contributed by atoms with Crippen molar-refractivity contribution in [3.8, 4) is 0 Å². The summed E-state index contributed by atoms with van der Waals surface area (Å²) >= 11 is 0. The maximum Gasteiger partial charge on any atom is 0.154 e. The molecule has 0 saturated heterocycles. The van der Waals surface area contributed by atoms with Gasteiger partial charge in [0.05, 0.1) is 6.10 Å². The second-order valence-corrected chi connectivity index (χ2v) is 4.01. The zero-order chi connectivity index (χ0) is 11.0. The largest absolute Gasteiger partial charge is 0.368 e. The Morgan fingerprint density at radius 2 is 1.79 bits per heavy atom. The van der Waals surface area contributed by atoms with Gasteiger partial charge in [-0.25, -0.2) is 0 Å². The molecule has 0 heterocycles. The van der Waals surface area contributed by atoms with Crippen molar-refractivity contribution in [3.05, 3.63) is 0 Å². The van der Waals surface area contributed by atoms with E-state index in [0.717, 1.165) is 6.42 Å². The van der Waals surface area contributed by atoms with Crippen LogP contribution in [0.1, 0.15) is 59.8 Å². The Bertz CT molecular complexity index is 125. The highest BCUT2D eigenvalue weighted by molar-refractivity contribution is 4.65. The third-order valence-corrected chi connectivity index (χ3v) is 2.84. The summed E-state index contributed by atoms with van der Waals surface area (Å²) in [5.41, 5.74) is 0. The minimum Gasteiger partial charge on any atom is -0.368 e. The molecule has 0 bridgehead atoms. The highest BCUT2D eigenvalue weighted by Crippen LogP contribution is 2.20. The zero-order valence-corrected chi connectivity index (χ0v) is 10.1. The van der Waals surface area contributed by atoms with Crippen LogP contribution in [0.4, 0.5) is 0 Å². The maximum atomic E-state index is 9.38. The lowest BCUT2D eigenvalue weighted by atomic mass is 9.94. The molecule has 2 nitrogen and oxygen atoms in total. The predicted molar refractivity (Wildman–Crippen MR) is 60.2 cm³/mol. The van der Waals surface area contributed by atoms with E-state index in [1.165, 1.54) is 19.3 Å². The molecular formula is C12H26O2. The molecule has 0 aliphatic carbocycles. The van der Waals surface area contributed by atoms with Crippen LogP contribution in [0.5, 0.6) is 0 Å². The van der Waals surface area contributed by atoms with Gasteiger partial charge in [0, 0.05) is 0 Å².